The molecule has 0 saturated carbocycles. The second kappa shape index (κ2) is 3.69. The number of imidazole rings is 1. The molecule has 2 N–H and O–H groups in total. The molecule has 0 fully saturated rings. The van der Waals surface area contributed by atoms with E-state index in [2.05, 4.69) is 16.9 Å². The molecule has 1 aromatic heterocycles. The van der Waals surface area contributed by atoms with Crippen LogP contribution in [0, 0.1) is 0 Å². The Kier molecular flexibility index (Phi) is 2.36. The third-order valence-electron chi connectivity index (χ3n) is 2.36. The van der Waals surface area contributed by atoms with Crippen molar-refractivity contribution in [2.45, 2.75) is 0 Å². The molecule has 0 unspecified atom stereocenters. The van der Waals surface area contributed by atoms with Crippen LogP contribution in [0.3, 0.4) is 0 Å². The van der Waals surface area contributed by atoms with Crippen LogP contribution in [0.5, 0.6) is 0 Å². The molecule has 0 atom stereocenters. The first-order chi connectivity index (χ1) is 7.61. The Morgan fingerprint density at radius 1 is 1.56 bits per heavy atom. The van der Waals surface area contributed by atoms with Crippen molar-refractivity contribution >= 4 is 22.6 Å². The highest BCUT2D eigenvalue weighted by atomic mass is 16.1. The minimum atomic E-state index is -0.278. The number of aryl methyl sites for hydroxylation is 1. The van der Waals surface area contributed by atoms with E-state index in [1.807, 2.05) is 0 Å². The van der Waals surface area contributed by atoms with Crippen LogP contribution >= 0.6 is 0 Å². The van der Waals surface area contributed by atoms with Gasteiger partial charge in [0.25, 0.3) is 0 Å². The number of nitrogens with zero attached hydrogens (tertiary/aromatic N) is 1. The van der Waals surface area contributed by atoms with Crippen molar-refractivity contribution in [2.24, 2.45) is 7.05 Å². The van der Waals surface area contributed by atoms with Crippen molar-refractivity contribution in [3.05, 3.63) is 41.3 Å². The van der Waals surface area contributed by atoms with Crippen LogP contribution < -0.4 is 11.0 Å². The SMILES string of the molecule is C=CC(=O)Nc1ccc2[nH]c(=O)n(C)c2c1. The second-order valence-corrected chi connectivity index (χ2v) is 3.41. The zero-order valence-electron chi connectivity index (χ0n) is 8.78. The molecule has 0 aliphatic carbocycles. The summed E-state index contributed by atoms with van der Waals surface area (Å²) in [5.74, 6) is -0.278. The Bertz CT molecular complexity index is 622. The van der Waals surface area contributed by atoms with Gasteiger partial charge in [-0.3, -0.25) is 9.36 Å². The maximum absolute atomic E-state index is 11.3. The molecule has 82 valence electrons. The van der Waals surface area contributed by atoms with E-state index in [1.165, 1.54) is 10.6 Å². The number of hydrogen-bond donors (Lipinski definition) is 2. The van der Waals surface area contributed by atoms with Crippen LogP contribution in [0.15, 0.2) is 35.6 Å². The molecule has 0 bridgehead atoms. The van der Waals surface area contributed by atoms with Crippen LogP contribution in [0.4, 0.5) is 5.69 Å². The van der Waals surface area contributed by atoms with Crippen molar-refractivity contribution in [1.82, 2.24) is 9.55 Å². The highest BCUT2D eigenvalue weighted by Crippen LogP contribution is 2.15. The van der Waals surface area contributed by atoms with Gasteiger partial charge in [-0.1, -0.05) is 6.58 Å². The summed E-state index contributed by atoms with van der Waals surface area (Å²) in [4.78, 5) is 25.1. The monoisotopic (exact) mass is 217 g/mol. The number of nitrogens with one attached hydrogen (secondary N) is 2. The fourth-order valence-electron chi connectivity index (χ4n) is 1.49. The molecule has 0 aliphatic rings. The van der Waals surface area contributed by atoms with Crippen LogP contribution in [0.2, 0.25) is 0 Å². The van der Waals surface area contributed by atoms with E-state index >= 15 is 0 Å². The standard InChI is InChI=1S/C11H11N3O2/c1-3-10(15)12-7-4-5-8-9(6-7)14(2)11(16)13-8/h3-6H,1H2,2H3,(H,12,15)(H,13,16). The second-order valence-electron chi connectivity index (χ2n) is 3.41. The molecule has 1 aromatic carbocycles. The Hall–Kier alpha value is -2.30. The lowest BCUT2D eigenvalue weighted by atomic mass is 10.2. The molecule has 2 rings (SSSR count). The maximum Gasteiger partial charge on any atom is 0.326 e. The van der Waals surface area contributed by atoms with Crippen molar-refractivity contribution in [3.8, 4) is 0 Å². The molecule has 5 nitrogen and oxygen atoms in total. The smallest absolute Gasteiger partial charge is 0.322 e. The Morgan fingerprint density at radius 2 is 2.31 bits per heavy atom. The minimum Gasteiger partial charge on any atom is -0.322 e. The number of aromatic amines is 1. The summed E-state index contributed by atoms with van der Waals surface area (Å²) in [5, 5.41) is 2.63. The summed E-state index contributed by atoms with van der Waals surface area (Å²) in [6, 6.07) is 5.20. The molecule has 1 heterocycles. The van der Waals surface area contributed by atoms with Crippen molar-refractivity contribution in [2.75, 3.05) is 5.32 Å². The predicted molar refractivity (Wildman–Crippen MR) is 62.4 cm³/mol. The number of rotatable bonds is 2. The average Bonchev–Trinajstić information content (AvgIpc) is 2.55. The number of H-pyrrole nitrogens is 1. The van der Waals surface area contributed by atoms with Gasteiger partial charge in [-0.05, 0) is 24.3 Å². The maximum atomic E-state index is 11.3. The molecule has 0 radical (unpaired) electrons. The number of benzene rings is 1. The van der Waals surface area contributed by atoms with Gasteiger partial charge in [0.2, 0.25) is 5.91 Å². The number of hydrogen-bond acceptors (Lipinski definition) is 2. The fraction of sp³-hybridized carbons (Fsp3) is 0.0909. The lowest BCUT2D eigenvalue weighted by molar-refractivity contribution is -0.111. The van der Waals surface area contributed by atoms with Crippen LogP contribution in [0.25, 0.3) is 11.0 Å². The van der Waals surface area contributed by atoms with Gasteiger partial charge < -0.3 is 10.3 Å². The van der Waals surface area contributed by atoms with Crippen molar-refractivity contribution in [3.63, 3.8) is 0 Å². The highest BCUT2D eigenvalue weighted by molar-refractivity contribution is 5.99. The average molecular weight is 217 g/mol. The van der Waals surface area contributed by atoms with E-state index in [0.29, 0.717) is 5.69 Å². The molecule has 0 spiro atoms. The van der Waals surface area contributed by atoms with Crippen LogP contribution in [0.1, 0.15) is 0 Å². The third-order valence-corrected chi connectivity index (χ3v) is 2.36. The van der Waals surface area contributed by atoms with E-state index < -0.39 is 0 Å². The Labute approximate surface area is 91.4 Å². The molecule has 1 amide bonds. The number of carbonyl (C=O) groups excluding carboxylic acids is 1. The Morgan fingerprint density at radius 3 is 3.00 bits per heavy atom. The van der Waals surface area contributed by atoms with Gasteiger partial charge >= 0.3 is 5.69 Å². The topological polar surface area (TPSA) is 66.9 Å². The summed E-state index contributed by atoms with van der Waals surface area (Å²) in [5.41, 5.74) is 1.94. The molecule has 0 aliphatic heterocycles. The quantitative estimate of drug-likeness (QED) is 0.737. The van der Waals surface area contributed by atoms with Gasteiger partial charge in [0.15, 0.2) is 0 Å². The zero-order chi connectivity index (χ0) is 11.7. The summed E-state index contributed by atoms with van der Waals surface area (Å²) < 4.78 is 1.49. The lowest BCUT2D eigenvalue weighted by Gasteiger charge is -2.02. The summed E-state index contributed by atoms with van der Waals surface area (Å²) in [7, 11) is 1.67. The minimum absolute atomic E-state index is 0.179. The molecular weight excluding hydrogens is 206 g/mol. The van der Waals surface area contributed by atoms with E-state index in [1.54, 1.807) is 25.2 Å². The van der Waals surface area contributed by atoms with E-state index in [-0.39, 0.29) is 11.6 Å². The summed E-state index contributed by atoms with van der Waals surface area (Å²) in [6.45, 7) is 3.37. The van der Waals surface area contributed by atoms with E-state index in [0.717, 1.165) is 11.0 Å². The van der Waals surface area contributed by atoms with Gasteiger partial charge in [0, 0.05) is 12.7 Å². The normalized spacial score (nSPS) is 10.3. The summed E-state index contributed by atoms with van der Waals surface area (Å²) in [6.07, 6.45) is 1.19. The van der Waals surface area contributed by atoms with Crippen molar-refractivity contribution < 1.29 is 4.79 Å². The summed E-state index contributed by atoms with van der Waals surface area (Å²) >= 11 is 0. The first-order valence-electron chi connectivity index (χ1n) is 4.74. The lowest BCUT2D eigenvalue weighted by Crippen LogP contribution is -2.12. The fourth-order valence-corrected chi connectivity index (χ4v) is 1.49. The van der Waals surface area contributed by atoms with Gasteiger partial charge in [0.1, 0.15) is 0 Å². The molecular formula is C11H11N3O2. The van der Waals surface area contributed by atoms with E-state index in [4.69, 9.17) is 0 Å². The third kappa shape index (κ3) is 1.63. The van der Waals surface area contributed by atoms with Gasteiger partial charge in [-0.2, -0.15) is 0 Å². The number of aromatic nitrogens is 2. The Balaban J connectivity index is 2.50. The van der Waals surface area contributed by atoms with Crippen LogP contribution in [-0.2, 0) is 11.8 Å². The van der Waals surface area contributed by atoms with Gasteiger partial charge in [-0.15, -0.1) is 0 Å². The first kappa shape index (κ1) is 10.2. The molecule has 16 heavy (non-hydrogen) atoms. The largest absolute Gasteiger partial charge is 0.326 e. The van der Waals surface area contributed by atoms with E-state index in [9.17, 15) is 9.59 Å². The van der Waals surface area contributed by atoms with Gasteiger partial charge in [0.05, 0.1) is 11.0 Å². The number of carbonyl (C=O) groups is 1. The van der Waals surface area contributed by atoms with Gasteiger partial charge in [-0.25, -0.2) is 4.79 Å². The number of amides is 1. The molecule has 5 heteroatoms. The first-order valence-corrected chi connectivity index (χ1v) is 4.74. The van der Waals surface area contributed by atoms with Crippen LogP contribution in [-0.4, -0.2) is 15.5 Å². The zero-order valence-corrected chi connectivity index (χ0v) is 8.78. The van der Waals surface area contributed by atoms with Crippen molar-refractivity contribution in [1.29, 1.82) is 0 Å². The molecule has 2 aromatic rings. The number of fused-ring (bicyclic) bond motifs is 1. The molecule has 0 saturated heterocycles. The predicted octanol–water partition coefficient (Wildman–Crippen LogP) is 0.991. The highest BCUT2D eigenvalue weighted by Gasteiger charge is 2.04. The number of anilines is 1.